The summed E-state index contributed by atoms with van der Waals surface area (Å²) < 4.78 is 5.40. The highest BCUT2D eigenvalue weighted by molar-refractivity contribution is 5.79. The third-order valence-electron chi connectivity index (χ3n) is 3.46. The zero-order chi connectivity index (χ0) is 13.7. The van der Waals surface area contributed by atoms with Gasteiger partial charge in [0, 0.05) is 0 Å². The minimum Gasteiger partial charge on any atom is -0.394 e. The number of rotatable bonds is 5. The second-order valence-corrected chi connectivity index (χ2v) is 5.15. The molecule has 0 saturated carbocycles. The first-order valence-electron chi connectivity index (χ1n) is 6.75. The molecule has 0 spiro atoms. The summed E-state index contributed by atoms with van der Waals surface area (Å²) in [6, 6.07) is 9.63. The van der Waals surface area contributed by atoms with Gasteiger partial charge in [-0.15, -0.1) is 0 Å². The van der Waals surface area contributed by atoms with Gasteiger partial charge in [0.15, 0.2) is 0 Å². The van der Waals surface area contributed by atoms with E-state index >= 15 is 0 Å². The average molecular weight is 263 g/mol. The summed E-state index contributed by atoms with van der Waals surface area (Å²) in [6.45, 7) is 2.40. The number of aliphatic hydroxyl groups is 1. The molecule has 0 radical (unpaired) electrons. The average Bonchev–Trinajstić information content (AvgIpc) is 2.86. The molecular formula is C15H21NO3. The highest BCUT2D eigenvalue weighted by atomic mass is 16.5. The Morgan fingerprint density at radius 1 is 1.47 bits per heavy atom. The summed E-state index contributed by atoms with van der Waals surface area (Å²) in [5.41, 5.74) is 1.11. The van der Waals surface area contributed by atoms with Crippen LogP contribution in [0.3, 0.4) is 0 Å². The normalized spacial score (nSPS) is 24.1. The summed E-state index contributed by atoms with van der Waals surface area (Å²) in [4.78, 5) is 12.0. The SMILES string of the molecule is CC1CC(C(=O)N[C@@H](CO)Cc2ccccc2)CO1. The molecule has 1 aromatic rings. The van der Waals surface area contributed by atoms with Crippen LogP contribution in [0.25, 0.3) is 0 Å². The number of nitrogens with one attached hydrogen (secondary N) is 1. The summed E-state index contributed by atoms with van der Waals surface area (Å²) in [6.07, 6.45) is 1.55. The van der Waals surface area contributed by atoms with Crippen molar-refractivity contribution in [3.63, 3.8) is 0 Å². The van der Waals surface area contributed by atoms with E-state index < -0.39 is 0 Å². The lowest BCUT2D eigenvalue weighted by Gasteiger charge is -2.18. The maximum atomic E-state index is 12.0. The topological polar surface area (TPSA) is 58.6 Å². The van der Waals surface area contributed by atoms with E-state index in [0.717, 1.165) is 12.0 Å². The summed E-state index contributed by atoms with van der Waals surface area (Å²) in [5, 5.41) is 12.3. The zero-order valence-corrected chi connectivity index (χ0v) is 11.2. The van der Waals surface area contributed by atoms with Gasteiger partial charge in [0.05, 0.1) is 31.3 Å². The molecule has 2 N–H and O–H groups in total. The molecule has 1 amide bonds. The van der Waals surface area contributed by atoms with Gasteiger partial charge >= 0.3 is 0 Å². The fourth-order valence-electron chi connectivity index (χ4n) is 2.38. The Kier molecular flexibility index (Phi) is 4.93. The summed E-state index contributed by atoms with van der Waals surface area (Å²) in [5.74, 6) is -0.0980. The molecule has 19 heavy (non-hydrogen) atoms. The molecule has 1 saturated heterocycles. The van der Waals surface area contributed by atoms with Gasteiger partial charge in [0.25, 0.3) is 0 Å². The Morgan fingerprint density at radius 3 is 2.79 bits per heavy atom. The standard InChI is InChI=1S/C15H21NO3/c1-11-7-13(10-19-11)15(18)16-14(9-17)8-12-5-3-2-4-6-12/h2-6,11,13-14,17H,7-10H2,1H3,(H,16,18)/t11?,13?,14-/m1/s1. The summed E-state index contributed by atoms with van der Waals surface area (Å²) >= 11 is 0. The van der Waals surface area contributed by atoms with Crippen LogP contribution in [0.4, 0.5) is 0 Å². The molecule has 1 aliphatic rings. The molecular weight excluding hydrogens is 242 g/mol. The fraction of sp³-hybridized carbons (Fsp3) is 0.533. The smallest absolute Gasteiger partial charge is 0.225 e. The molecule has 104 valence electrons. The van der Waals surface area contributed by atoms with Crippen LogP contribution in [0.1, 0.15) is 18.9 Å². The molecule has 1 aromatic carbocycles. The molecule has 0 aliphatic carbocycles. The van der Waals surface area contributed by atoms with E-state index in [1.807, 2.05) is 37.3 Å². The largest absolute Gasteiger partial charge is 0.394 e. The van der Waals surface area contributed by atoms with Gasteiger partial charge in [-0.05, 0) is 25.3 Å². The Bertz CT molecular complexity index is 407. The van der Waals surface area contributed by atoms with Gasteiger partial charge in [-0.1, -0.05) is 30.3 Å². The monoisotopic (exact) mass is 263 g/mol. The molecule has 0 bridgehead atoms. The van der Waals surface area contributed by atoms with Crippen molar-refractivity contribution in [3.8, 4) is 0 Å². The molecule has 4 nitrogen and oxygen atoms in total. The maximum absolute atomic E-state index is 12.0. The number of carbonyl (C=O) groups excluding carboxylic acids is 1. The van der Waals surface area contributed by atoms with Crippen LogP contribution in [0, 0.1) is 5.92 Å². The Morgan fingerprint density at radius 2 is 2.21 bits per heavy atom. The van der Waals surface area contributed by atoms with Gasteiger partial charge in [-0.3, -0.25) is 4.79 Å². The quantitative estimate of drug-likeness (QED) is 0.837. The number of hydrogen-bond acceptors (Lipinski definition) is 3. The van der Waals surface area contributed by atoms with Crippen LogP contribution in [0.2, 0.25) is 0 Å². The third kappa shape index (κ3) is 4.04. The predicted octanol–water partition coefficient (Wildman–Crippen LogP) is 1.13. The Balaban J connectivity index is 1.87. The first-order valence-corrected chi connectivity index (χ1v) is 6.75. The van der Waals surface area contributed by atoms with E-state index in [-0.39, 0.29) is 30.6 Å². The third-order valence-corrected chi connectivity index (χ3v) is 3.46. The minimum absolute atomic E-state index is 0.0145. The van der Waals surface area contributed by atoms with Crippen LogP contribution in [0.5, 0.6) is 0 Å². The predicted molar refractivity (Wildman–Crippen MR) is 72.7 cm³/mol. The first-order chi connectivity index (χ1) is 9.19. The van der Waals surface area contributed by atoms with Gasteiger partial charge < -0.3 is 15.2 Å². The van der Waals surface area contributed by atoms with Crippen molar-refractivity contribution in [2.75, 3.05) is 13.2 Å². The van der Waals surface area contributed by atoms with E-state index in [1.54, 1.807) is 0 Å². The van der Waals surface area contributed by atoms with Gasteiger partial charge in [-0.25, -0.2) is 0 Å². The second kappa shape index (κ2) is 6.68. The lowest BCUT2D eigenvalue weighted by molar-refractivity contribution is -0.126. The second-order valence-electron chi connectivity index (χ2n) is 5.15. The van der Waals surface area contributed by atoms with Crippen LogP contribution in [-0.4, -0.2) is 36.4 Å². The lowest BCUT2D eigenvalue weighted by Crippen LogP contribution is -2.42. The highest BCUT2D eigenvalue weighted by Gasteiger charge is 2.29. The zero-order valence-electron chi connectivity index (χ0n) is 11.2. The number of hydrogen-bond donors (Lipinski definition) is 2. The first kappa shape index (κ1) is 14.0. The number of carbonyl (C=O) groups is 1. The van der Waals surface area contributed by atoms with Crippen LogP contribution >= 0.6 is 0 Å². The molecule has 2 unspecified atom stereocenters. The van der Waals surface area contributed by atoms with Crippen LogP contribution < -0.4 is 5.32 Å². The Hall–Kier alpha value is -1.39. The molecule has 2 rings (SSSR count). The van der Waals surface area contributed by atoms with E-state index in [9.17, 15) is 9.90 Å². The van der Waals surface area contributed by atoms with Gasteiger partial charge in [0.1, 0.15) is 0 Å². The molecule has 4 heteroatoms. The van der Waals surface area contributed by atoms with Crippen LogP contribution in [0.15, 0.2) is 30.3 Å². The van der Waals surface area contributed by atoms with E-state index in [1.165, 1.54) is 0 Å². The lowest BCUT2D eigenvalue weighted by atomic mass is 10.0. The van der Waals surface area contributed by atoms with Crippen molar-refractivity contribution in [2.24, 2.45) is 5.92 Å². The van der Waals surface area contributed by atoms with Crippen molar-refractivity contribution in [2.45, 2.75) is 31.9 Å². The van der Waals surface area contributed by atoms with E-state index in [2.05, 4.69) is 5.32 Å². The molecule has 1 aliphatic heterocycles. The Labute approximate surface area is 113 Å². The number of ether oxygens (including phenoxy) is 1. The maximum Gasteiger partial charge on any atom is 0.225 e. The van der Waals surface area contributed by atoms with Crippen molar-refractivity contribution >= 4 is 5.91 Å². The van der Waals surface area contributed by atoms with Crippen molar-refractivity contribution in [1.29, 1.82) is 0 Å². The molecule has 1 fully saturated rings. The van der Waals surface area contributed by atoms with Crippen molar-refractivity contribution < 1.29 is 14.6 Å². The molecule has 0 aromatic heterocycles. The van der Waals surface area contributed by atoms with E-state index in [0.29, 0.717) is 13.0 Å². The van der Waals surface area contributed by atoms with Gasteiger partial charge in [-0.2, -0.15) is 0 Å². The van der Waals surface area contributed by atoms with Gasteiger partial charge in [0.2, 0.25) is 5.91 Å². The highest BCUT2D eigenvalue weighted by Crippen LogP contribution is 2.19. The van der Waals surface area contributed by atoms with Crippen molar-refractivity contribution in [3.05, 3.63) is 35.9 Å². The molecule has 1 heterocycles. The minimum atomic E-state index is -0.231. The number of aliphatic hydroxyl groups excluding tert-OH is 1. The van der Waals surface area contributed by atoms with E-state index in [4.69, 9.17) is 4.74 Å². The fourth-order valence-corrected chi connectivity index (χ4v) is 2.38. The summed E-state index contributed by atoms with van der Waals surface area (Å²) in [7, 11) is 0. The van der Waals surface area contributed by atoms with Crippen LogP contribution in [-0.2, 0) is 16.0 Å². The number of amides is 1. The number of benzene rings is 1. The van der Waals surface area contributed by atoms with Crippen molar-refractivity contribution in [1.82, 2.24) is 5.32 Å². The molecule has 3 atom stereocenters.